The Bertz CT molecular complexity index is 334. The van der Waals surface area contributed by atoms with Crippen molar-refractivity contribution in [1.82, 2.24) is 0 Å². The largest absolute Gasteiger partial charge is 0.486 e. The minimum Gasteiger partial charge on any atom is -0.486 e. The molecule has 1 rings (SSSR count). The SMILES string of the molecule is COCC(=O)COc1cc(F)cc(Br)c1. The Labute approximate surface area is 95.3 Å². The van der Waals surface area contributed by atoms with Crippen LogP contribution in [0, 0.1) is 5.82 Å². The van der Waals surface area contributed by atoms with E-state index in [0.717, 1.165) is 0 Å². The van der Waals surface area contributed by atoms with Crippen LogP contribution in [0.15, 0.2) is 22.7 Å². The van der Waals surface area contributed by atoms with Gasteiger partial charge in [0.05, 0.1) is 0 Å². The van der Waals surface area contributed by atoms with E-state index in [1.54, 1.807) is 6.07 Å². The van der Waals surface area contributed by atoms with E-state index >= 15 is 0 Å². The summed E-state index contributed by atoms with van der Waals surface area (Å²) in [6, 6.07) is 4.11. The lowest BCUT2D eigenvalue weighted by atomic mass is 10.3. The Balaban J connectivity index is 2.54. The minimum atomic E-state index is -0.418. The van der Waals surface area contributed by atoms with Gasteiger partial charge in [-0.3, -0.25) is 4.79 Å². The molecule has 0 fully saturated rings. The van der Waals surface area contributed by atoms with E-state index in [-0.39, 0.29) is 19.0 Å². The van der Waals surface area contributed by atoms with Crippen LogP contribution in [0.25, 0.3) is 0 Å². The number of Topliss-reactive ketones (excluding diaryl/α,β-unsaturated/α-hetero) is 1. The molecule has 0 saturated heterocycles. The van der Waals surface area contributed by atoms with Gasteiger partial charge in [-0.1, -0.05) is 15.9 Å². The molecular weight excluding hydrogens is 267 g/mol. The molecule has 0 saturated carbocycles. The zero-order chi connectivity index (χ0) is 11.3. The van der Waals surface area contributed by atoms with Crippen LogP contribution in [0.3, 0.4) is 0 Å². The smallest absolute Gasteiger partial charge is 0.195 e. The lowest BCUT2D eigenvalue weighted by molar-refractivity contribution is -0.124. The summed E-state index contributed by atoms with van der Waals surface area (Å²) in [6.45, 7) is -0.125. The highest BCUT2D eigenvalue weighted by Crippen LogP contribution is 2.20. The third-order valence-corrected chi connectivity index (χ3v) is 2.00. The Morgan fingerprint density at radius 3 is 2.73 bits per heavy atom. The molecule has 0 heterocycles. The van der Waals surface area contributed by atoms with E-state index in [4.69, 9.17) is 4.74 Å². The highest BCUT2D eigenvalue weighted by molar-refractivity contribution is 9.10. The normalized spacial score (nSPS) is 10.1. The third-order valence-electron chi connectivity index (χ3n) is 1.54. The van der Waals surface area contributed by atoms with E-state index in [1.165, 1.54) is 19.2 Å². The van der Waals surface area contributed by atoms with E-state index in [9.17, 15) is 9.18 Å². The fourth-order valence-electron chi connectivity index (χ4n) is 0.978. The molecule has 0 spiro atoms. The van der Waals surface area contributed by atoms with E-state index < -0.39 is 5.82 Å². The first-order chi connectivity index (χ1) is 7.11. The number of ether oxygens (including phenoxy) is 2. The van der Waals surface area contributed by atoms with Gasteiger partial charge in [-0.05, 0) is 12.1 Å². The fraction of sp³-hybridized carbons (Fsp3) is 0.300. The van der Waals surface area contributed by atoms with Gasteiger partial charge in [-0.25, -0.2) is 4.39 Å². The summed E-state index contributed by atoms with van der Waals surface area (Å²) in [6.07, 6.45) is 0. The third kappa shape index (κ3) is 4.40. The fourth-order valence-corrected chi connectivity index (χ4v) is 1.42. The van der Waals surface area contributed by atoms with Crippen molar-refractivity contribution >= 4 is 21.7 Å². The summed E-state index contributed by atoms with van der Waals surface area (Å²) in [5.74, 6) is -0.303. The van der Waals surface area contributed by atoms with Crippen molar-refractivity contribution in [2.24, 2.45) is 0 Å². The molecule has 0 unspecified atom stereocenters. The second-order valence-electron chi connectivity index (χ2n) is 2.87. The number of hydrogen-bond acceptors (Lipinski definition) is 3. The first-order valence-electron chi connectivity index (χ1n) is 4.21. The summed E-state index contributed by atoms with van der Waals surface area (Å²) in [4.78, 5) is 11.0. The average Bonchev–Trinajstić information content (AvgIpc) is 2.14. The second kappa shape index (κ2) is 5.82. The topological polar surface area (TPSA) is 35.5 Å². The predicted molar refractivity (Wildman–Crippen MR) is 56.5 cm³/mol. The van der Waals surface area contributed by atoms with Crippen molar-refractivity contribution in [2.45, 2.75) is 0 Å². The zero-order valence-corrected chi connectivity index (χ0v) is 9.71. The molecule has 0 bridgehead atoms. The minimum absolute atomic E-state index is 0.00349. The maximum atomic E-state index is 12.9. The van der Waals surface area contributed by atoms with E-state index in [2.05, 4.69) is 20.7 Å². The van der Waals surface area contributed by atoms with Crippen molar-refractivity contribution in [3.63, 3.8) is 0 Å². The average molecular weight is 277 g/mol. The summed E-state index contributed by atoms with van der Waals surface area (Å²) in [5, 5.41) is 0. The molecule has 0 aliphatic heterocycles. The summed E-state index contributed by atoms with van der Waals surface area (Å²) in [5.41, 5.74) is 0. The molecule has 0 aliphatic carbocycles. The first-order valence-corrected chi connectivity index (χ1v) is 5.00. The van der Waals surface area contributed by atoms with Gasteiger partial charge in [0.15, 0.2) is 5.78 Å². The molecule has 0 amide bonds. The van der Waals surface area contributed by atoms with Gasteiger partial charge >= 0.3 is 0 Å². The molecule has 3 nitrogen and oxygen atoms in total. The van der Waals surface area contributed by atoms with Crippen molar-refractivity contribution < 1.29 is 18.7 Å². The van der Waals surface area contributed by atoms with Crippen LogP contribution < -0.4 is 4.74 Å². The Morgan fingerprint density at radius 2 is 2.13 bits per heavy atom. The number of ketones is 1. The summed E-state index contributed by atoms with van der Waals surface area (Å²) in [7, 11) is 1.43. The molecule has 15 heavy (non-hydrogen) atoms. The number of methoxy groups -OCH3 is 1. The number of rotatable bonds is 5. The predicted octanol–water partition coefficient (Wildman–Crippen LogP) is 2.18. The van der Waals surface area contributed by atoms with Crippen molar-refractivity contribution in [3.05, 3.63) is 28.5 Å². The lowest BCUT2D eigenvalue weighted by Crippen LogP contribution is -2.16. The summed E-state index contributed by atoms with van der Waals surface area (Å²) < 4.78 is 23.2. The van der Waals surface area contributed by atoms with Crippen LogP contribution in [0.1, 0.15) is 0 Å². The molecule has 0 N–H and O–H groups in total. The number of benzene rings is 1. The molecule has 0 radical (unpaired) electrons. The van der Waals surface area contributed by atoms with Crippen molar-refractivity contribution in [2.75, 3.05) is 20.3 Å². The second-order valence-corrected chi connectivity index (χ2v) is 3.78. The van der Waals surface area contributed by atoms with Crippen LogP contribution in [0.5, 0.6) is 5.75 Å². The Kier molecular flexibility index (Phi) is 4.71. The lowest BCUT2D eigenvalue weighted by Gasteiger charge is -2.05. The Hall–Kier alpha value is -0.940. The van der Waals surface area contributed by atoms with Gasteiger partial charge in [0, 0.05) is 17.6 Å². The van der Waals surface area contributed by atoms with Gasteiger partial charge < -0.3 is 9.47 Å². The van der Waals surface area contributed by atoms with Crippen LogP contribution in [0.4, 0.5) is 4.39 Å². The van der Waals surface area contributed by atoms with Gasteiger partial charge in [-0.15, -0.1) is 0 Å². The highest BCUT2D eigenvalue weighted by atomic mass is 79.9. The molecule has 5 heteroatoms. The quantitative estimate of drug-likeness (QED) is 0.827. The molecule has 0 atom stereocenters. The molecule has 82 valence electrons. The maximum absolute atomic E-state index is 12.9. The molecule has 0 aliphatic rings. The van der Waals surface area contributed by atoms with Gasteiger partial charge in [0.2, 0.25) is 0 Å². The summed E-state index contributed by atoms with van der Waals surface area (Å²) >= 11 is 3.12. The van der Waals surface area contributed by atoms with Crippen molar-refractivity contribution in [3.8, 4) is 5.75 Å². The number of carbonyl (C=O) groups is 1. The molecular formula is C10H10BrFO3. The maximum Gasteiger partial charge on any atom is 0.195 e. The number of carbonyl (C=O) groups excluding carboxylic acids is 1. The standard InChI is InChI=1S/C10H10BrFO3/c1-14-5-9(13)6-15-10-3-7(11)2-8(12)4-10/h2-4H,5-6H2,1H3. The molecule has 1 aromatic rings. The zero-order valence-electron chi connectivity index (χ0n) is 8.13. The Morgan fingerprint density at radius 1 is 1.40 bits per heavy atom. The number of halogens is 2. The number of hydrogen-bond donors (Lipinski definition) is 0. The van der Waals surface area contributed by atoms with E-state index in [1.807, 2.05) is 0 Å². The monoisotopic (exact) mass is 276 g/mol. The first kappa shape index (κ1) is 12.1. The highest BCUT2D eigenvalue weighted by Gasteiger charge is 2.04. The van der Waals surface area contributed by atoms with Gasteiger partial charge in [-0.2, -0.15) is 0 Å². The van der Waals surface area contributed by atoms with Gasteiger partial charge in [0.25, 0.3) is 0 Å². The van der Waals surface area contributed by atoms with Crippen LogP contribution in [-0.2, 0) is 9.53 Å². The van der Waals surface area contributed by atoms with Crippen LogP contribution in [0.2, 0.25) is 0 Å². The van der Waals surface area contributed by atoms with E-state index in [0.29, 0.717) is 10.2 Å². The molecule has 0 aromatic heterocycles. The van der Waals surface area contributed by atoms with Crippen LogP contribution in [-0.4, -0.2) is 26.1 Å². The van der Waals surface area contributed by atoms with Crippen molar-refractivity contribution in [1.29, 1.82) is 0 Å². The van der Waals surface area contributed by atoms with Gasteiger partial charge in [0.1, 0.15) is 24.8 Å². The van der Waals surface area contributed by atoms with Crippen LogP contribution >= 0.6 is 15.9 Å². The molecule has 1 aromatic carbocycles.